The first-order valence-corrected chi connectivity index (χ1v) is 10.8. The van der Waals surface area contributed by atoms with Gasteiger partial charge in [-0.05, 0) is 50.1 Å². The number of fused-ring (bicyclic) bond motifs is 1. The van der Waals surface area contributed by atoms with Crippen molar-refractivity contribution in [3.05, 3.63) is 93.5 Å². The number of amides is 1. The Bertz CT molecular complexity index is 1060. The quantitative estimate of drug-likeness (QED) is 0.635. The minimum Gasteiger partial charge on any atom is -0.333 e. The lowest BCUT2D eigenvalue weighted by Gasteiger charge is -2.35. The van der Waals surface area contributed by atoms with Gasteiger partial charge in [0, 0.05) is 45.1 Å². The molecule has 0 N–H and O–H groups in total. The van der Waals surface area contributed by atoms with Crippen LogP contribution < -0.4 is 0 Å². The van der Waals surface area contributed by atoms with Crippen LogP contribution in [0.2, 0.25) is 0 Å². The fraction of sp³-hybridized carbons (Fsp3) is 0.280. The number of thiophene rings is 1. The van der Waals surface area contributed by atoms with E-state index in [4.69, 9.17) is 0 Å². The molecule has 3 nitrogen and oxygen atoms in total. The Morgan fingerprint density at radius 2 is 2.10 bits per heavy atom. The van der Waals surface area contributed by atoms with Crippen LogP contribution in [-0.4, -0.2) is 22.3 Å². The van der Waals surface area contributed by atoms with Gasteiger partial charge < -0.3 is 4.90 Å². The lowest BCUT2D eigenvalue weighted by Crippen LogP contribution is -2.38. The molecule has 2 atom stereocenters. The molecule has 4 heteroatoms. The third kappa shape index (κ3) is 3.90. The molecule has 0 radical (unpaired) electrons. The van der Waals surface area contributed by atoms with Gasteiger partial charge in [0.25, 0.3) is 0 Å². The van der Waals surface area contributed by atoms with E-state index in [0.29, 0.717) is 13.1 Å². The Labute approximate surface area is 176 Å². The van der Waals surface area contributed by atoms with E-state index in [1.165, 1.54) is 27.0 Å². The molecule has 0 aromatic carbocycles. The highest BCUT2D eigenvalue weighted by atomic mass is 32.1. The van der Waals surface area contributed by atoms with Gasteiger partial charge in [0.1, 0.15) is 0 Å². The number of allylic oxidation sites excluding steroid dienone is 6. The van der Waals surface area contributed by atoms with Crippen molar-refractivity contribution in [2.24, 2.45) is 5.92 Å². The van der Waals surface area contributed by atoms with Gasteiger partial charge in [-0.15, -0.1) is 11.3 Å². The molecule has 0 bridgehead atoms. The molecule has 148 valence electrons. The van der Waals surface area contributed by atoms with Gasteiger partial charge in [-0.25, -0.2) is 0 Å². The van der Waals surface area contributed by atoms with Crippen molar-refractivity contribution < 1.29 is 4.79 Å². The number of hydrogen-bond acceptors (Lipinski definition) is 3. The first-order chi connectivity index (χ1) is 14.0. The Kier molecular flexibility index (Phi) is 5.37. The first kappa shape index (κ1) is 19.6. The van der Waals surface area contributed by atoms with Gasteiger partial charge >= 0.3 is 0 Å². The molecule has 2 aromatic rings. The minimum absolute atomic E-state index is 0.00483. The molecular formula is C25H26N2OS. The fourth-order valence-electron chi connectivity index (χ4n) is 4.31. The van der Waals surface area contributed by atoms with Crippen LogP contribution in [0.3, 0.4) is 0 Å². The summed E-state index contributed by atoms with van der Waals surface area (Å²) in [4.78, 5) is 21.6. The van der Waals surface area contributed by atoms with E-state index in [1.54, 1.807) is 11.3 Å². The smallest absolute Gasteiger partial charge is 0.246 e. The third-order valence-corrected chi connectivity index (χ3v) is 6.75. The molecule has 4 rings (SSSR count). The predicted octanol–water partition coefficient (Wildman–Crippen LogP) is 5.51. The number of nitrogens with zero attached hydrogens (tertiary/aromatic N) is 2. The summed E-state index contributed by atoms with van der Waals surface area (Å²) < 4.78 is 0. The van der Waals surface area contributed by atoms with Crippen LogP contribution in [0.4, 0.5) is 0 Å². The summed E-state index contributed by atoms with van der Waals surface area (Å²) in [5.74, 6) is 0.441. The van der Waals surface area contributed by atoms with Crippen LogP contribution in [0.1, 0.15) is 38.2 Å². The van der Waals surface area contributed by atoms with E-state index in [2.05, 4.69) is 74.0 Å². The van der Waals surface area contributed by atoms with E-state index in [0.717, 1.165) is 17.0 Å². The van der Waals surface area contributed by atoms with Crippen molar-refractivity contribution in [2.75, 3.05) is 6.54 Å². The molecule has 0 fully saturated rings. The van der Waals surface area contributed by atoms with Gasteiger partial charge in [-0.2, -0.15) is 0 Å². The Balaban J connectivity index is 1.75. The van der Waals surface area contributed by atoms with Gasteiger partial charge in [0.2, 0.25) is 5.91 Å². The van der Waals surface area contributed by atoms with E-state index in [9.17, 15) is 4.79 Å². The normalized spacial score (nSPS) is 20.8. The van der Waals surface area contributed by atoms with E-state index < -0.39 is 0 Å². The van der Waals surface area contributed by atoms with Gasteiger partial charge in [-0.1, -0.05) is 43.0 Å². The summed E-state index contributed by atoms with van der Waals surface area (Å²) in [7, 11) is 0. The van der Waals surface area contributed by atoms with Crippen molar-refractivity contribution in [1.82, 2.24) is 9.88 Å². The van der Waals surface area contributed by atoms with Crippen molar-refractivity contribution in [2.45, 2.75) is 33.2 Å². The molecule has 0 spiro atoms. The molecule has 1 aliphatic heterocycles. The maximum atomic E-state index is 12.4. The summed E-state index contributed by atoms with van der Waals surface area (Å²) in [6, 6.07) is 6.53. The summed E-state index contributed by atoms with van der Waals surface area (Å²) in [5, 5.41) is 0. The minimum atomic E-state index is 0.00483. The number of carbonyl (C=O) groups is 1. The Morgan fingerprint density at radius 3 is 2.86 bits per heavy atom. The van der Waals surface area contributed by atoms with Crippen LogP contribution in [0.15, 0.2) is 61.2 Å². The maximum Gasteiger partial charge on any atom is 0.246 e. The predicted molar refractivity (Wildman–Crippen MR) is 121 cm³/mol. The summed E-state index contributed by atoms with van der Waals surface area (Å²) in [6.07, 6.45) is 12.4. The molecule has 2 aromatic heterocycles. The average Bonchev–Trinajstić information content (AvgIpc) is 2.91. The van der Waals surface area contributed by atoms with Gasteiger partial charge in [0.15, 0.2) is 0 Å². The monoisotopic (exact) mass is 402 g/mol. The number of pyridine rings is 1. The van der Waals surface area contributed by atoms with Gasteiger partial charge in [-0.3, -0.25) is 9.78 Å². The SMILES string of the molecule is C=CC(=O)N1Cc2sc(C)cc2C([C@H]2C=CC=CC(c3ccc(C)nc3C)=C2)C1. The Hall–Kier alpha value is -2.72. The number of hydrogen-bond donors (Lipinski definition) is 0. The zero-order chi connectivity index (χ0) is 20.5. The maximum absolute atomic E-state index is 12.4. The molecule has 0 saturated carbocycles. The largest absolute Gasteiger partial charge is 0.333 e. The molecule has 1 unspecified atom stereocenters. The molecular weight excluding hydrogens is 376 g/mol. The lowest BCUT2D eigenvalue weighted by atomic mass is 9.81. The van der Waals surface area contributed by atoms with Crippen molar-refractivity contribution in [1.29, 1.82) is 0 Å². The lowest BCUT2D eigenvalue weighted by molar-refractivity contribution is -0.127. The first-order valence-electron chi connectivity index (χ1n) is 9.98. The zero-order valence-electron chi connectivity index (χ0n) is 17.2. The standard InChI is InChI=1S/C25H26N2OS/c1-5-25(28)27-14-23(22-12-17(3)29-24(22)15-27)20-9-7-6-8-19(13-20)21-11-10-16(2)26-18(21)4/h5-13,20,23H,1,14-15H2,2-4H3/t20-,23?/m0/s1. The highest BCUT2D eigenvalue weighted by Crippen LogP contribution is 2.41. The molecule has 3 heterocycles. The van der Waals surface area contributed by atoms with Crippen LogP contribution in [0.25, 0.3) is 5.57 Å². The highest BCUT2D eigenvalue weighted by Gasteiger charge is 2.32. The highest BCUT2D eigenvalue weighted by molar-refractivity contribution is 7.12. The summed E-state index contributed by atoms with van der Waals surface area (Å²) in [6.45, 7) is 11.3. The van der Waals surface area contributed by atoms with Gasteiger partial charge in [0.05, 0.1) is 6.54 Å². The van der Waals surface area contributed by atoms with Crippen molar-refractivity contribution >= 4 is 22.8 Å². The number of carbonyl (C=O) groups excluding carboxylic acids is 1. The Morgan fingerprint density at radius 1 is 1.28 bits per heavy atom. The van der Waals surface area contributed by atoms with Crippen molar-refractivity contribution in [3.63, 3.8) is 0 Å². The third-order valence-electron chi connectivity index (χ3n) is 5.70. The second kappa shape index (κ2) is 7.96. The van der Waals surface area contributed by atoms with E-state index in [-0.39, 0.29) is 17.7 Å². The van der Waals surface area contributed by atoms with Crippen LogP contribution >= 0.6 is 11.3 Å². The second-order valence-electron chi connectivity index (χ2n) is 7.79. The molecule has 1 amide bonds. The molecule has 1 aliphatic carbocycles. The van der Waals surface area contributed by atoms with Crippen LogP contribution in [0, 0.1) is 26.7 Å². The van der Waals surface area contributed by atoms with Crippen LogP contribution in [-0.2, 0) is 11.3 Å². The summed E-state index contributed by atoms with van der Waals surface area (Å²) in [5.41, 5.74) is 5.80. The number of rotatable bonds is 3. The van der Waals surface area contributed by atoms with E-state index >= 15 is 0 Å². The van der Waals surface area contributed by atoms with E-state index in [1.807, 2.05) is 11.8 Å². The van der Waals surface area contributed by atoms with Crippen molar-refractivity contribution in [3.8, 4) is 0 Å². The fourth-order valence-corrected chi connectivity index (χ4v) is 5.43. The topological polar surface area (TPSA) is 33.2 Å². The molecule has 2 aliphatic rings. The molecule has 29 heavy (non-hydrogen) atoms. The zero-order valence-corrected chi connectivity index (χ0v) is 18.0. The average molecular weight is 403 g/mol. The molecule has 0 saturated heterocycles. The number of aryl methyl sites for hydroxylation is 3. The number of aromatic nitrogens is 1. The summed E-state index contributed by atoms with van der Waals surface area (Å²) >= 11 is 1.80. The van der Waals surface area contributed by atoms with Crippen LogP contribution in [0.5, 0.6) is 0 Å². The second-order valence-corrected chi connectivity index (χ2v) is 9.13.